The predicted molar refractivity (Wildman–Crippen MR) is 42.9 cm³/mol. The fraction of sp³-hybridized carbons (Fsp3) is 0.714. The van der Waals surface area contributed by atoms with E-state index in [1.807, 2.05) is 12.2 Å². The molecule has 58 valence electrons. The molecule has 1 aliphatic heterocycles. The second-order valence-corrected chi connectivity index (χ2v) is 5.96. The molecule has 0 saturated carbocycles. The van der Waals surface area contributed by atoms with Crippen molar-refractivity contribution >= 4 is 8.56 Å². The molecule has 0 N–H and O–H groups in total. The van der Waals surface area contributed by atoms with E-state index in [4.69, 9.17) is 8.85 Å². The molecule has 3 heteroatoms. The number of rotatable bonds is 1. The van der Waals surface area contributed by atoms with Crippen LogP contribution in [0.1, 0.15) is 6.92 Å². The van der Waals surface area contributed by atoms with E-state index < -0.39 is 8.56 Å². The predicted octanol–water partition coefficient (Wildman–Crippen LogP) is 1.47. The topological polar surface area (TPSA) is 18.5 Å². The monoisotopic (exact) mass is 158 g/mol. The first-order valence-corrected chi connectivity index (χ1v) is 5.97. The molecule has 1 heterocycles. The van der Waals surface area contributed by atoms with E-state index in [0.717, 1.165) is 13.2 Å². The van der Waals surface area contributed by atoms with Crippen LogP contribution in [0.5, 0.6) is 0 Å². The van der Waals surface area contributed by atoms with Crippen molar-refractivity contribution in [1.29, 1.82) is 0 Å². The molecule has 1 saturated heterocycles. The molecule has 10 heavy (non-hydrogen) atoms. The van der Waals surface area contributed by atoms with Crippen molar-refractivity contribution in [2.24, 2.45) is 5.92 Å². The van der Waals surface area contributed by atoms with Gasteiger partial charge in [0.1, 0.15) is 0 Å². The average Bonchev–Trinajstić information content (AvgIpc) is 1.96. The molecule has 0 bridgehead atoms. The molecular formula is C7H14O2Si. The van der Waals surface area contributed by atoms with E-state index in [9.17, 15) is 0 Å². The van der Waals surface area contributed by atoms with Crippen molar-refractivity contribution in [3.05, 3.63) is 12.3 Å². The van der Waals surface area contributed by atoms with Crippen LogP contribution >= 0.6 is 0 Å². The summed E-state index contributed by atoms with van der Waals surface area (Å²) in [6.07, 6.45) is 0. The van der Waals surface area contributed by atoms with Crippen LogP contribution in [0.25, 0.3) is 0 Å². The third-order valence-electron chi connectivity index (χ3n) is 1.68. The fourth-order valence-electron chi connectivity index (χ4n) is 0.823. The summed E-state index contributed by atoms with van der Waals surface area (Å²) >= 11 is 0. The molecule has 1 fully saturated rings. The van der Waals surface area contributed by atoms with Gasteiger partial charge in [0.2, 0.25) is 0 Å². The molecule has 0 aromatic rings. The molecule has 0 unspecified atom stereocenters. The van der Waals surface area contributed by atoms with Gasteiger partial charge in [0.25, 0.3) is 0 Å². The van der Waals surface area contributed by atoms with Crippen molar-refractivity contribution in [3.8, 4) is 0 Å². The van der Waals surface area contributed by atoms with Gasteiger partial charge in [-0.2, -0.15) is 0 Å². The van der Waals surface area contributed by atoms with Gasteiger partial charge in [-0.05, 0) is 12.2 Å². The lowest BCUT2D eigenvalue weighted by Crippen LogP contribution is -2.44. The first kappa shape index (κ1) is 7.98. The third kappa shape index (κ3) is 1.68. The molecule has 0 radical (unpaired) electrons. The standard InChI is InChI=1S/C7H14O2Si/c1-4-10(3)8-5-7(2)6-9-10/h4,7H,1,5-6H2,2-3H3. The lowest BCUT2D eigenvalue weighted by molar-refractivity contribution is 0.0782. The molecule has 0 atom stereocenters. The minimum atomic E-state index is -1.89. The first-order valence-electron chi connectivity index (χ1n) is 3.58. The van der Waals surface area contributed by atoms with Crippen LogP contribution in [0.15, 0.2) is 12.3 Å². The maximum atomic E-state index is 5.53. The second-order valence-electron chi connectivity index (χ2n) is 2.95. The van der Waals surface area contributed by atoms with Gasteiger partial charge in [-0.25, -0.2) is 0 Å². The van der Waals surface area contributed by atoms with Gasteiger partial charge < -0.3 is 8.85 Å². The number of hydrogen-bond acceptors (Lipinski definition) is 2. The highest BCUT2D eigenvalue weighted by atomic mass is 28.4. The van der Waals surface area contributed by atoms with Crippen LogP contribution in [0.2, 0.25) is 6.55 Å². The van der Waals surface area contributed by atoms with Gasteiger partial charge in [0.05, 0.1) is 0 Å². The minimum Gasteiger partial charge on any atom is -0.391 e. The highest BCUT2D eigenvalue weighted by Gasteiger charge is 2.32. The maximum absolute atomic E-state index is 5.53. The largest absolute Gasteiger partial charge is 0.391 e. The van der Waals surface area contributed by atoms with E-state index in [2.05, 4.69) is 13.5 Å². The Hall–Kier alpha value is -0.123. The Morgan fingerprint density at radius 1 is 1.50 bits per heavy atom. The van der Waals surface area contributed by atoms with Gasteiger partial charge in [-0.15, -0.1) is 6.58 Å². The maximum Gasteiger partial charge on any atom is 0.361 e. The molecular weight excluding hydrogens is 144 g/mol. The molecule has 0 amide bonds. The van der Waals surface area contributed by atoms with Crippen LogP contribution in [0.4, 0.5) is 0 Å². The van der Waals surface area contributed by atoms with E-state index in [1.54, 1.807) is 0 Å². The highest BCUT2D eigenvalue weighted by molar-refractivity contribution is 6.71. The van der Waals surface area contributed by atoms with Crippen molar-refractivity contribution < 1.29 is 8.85 Å². The highest BCUT2D eigenvalue weighted by Crippen LogP contribution is 2.17. The Balaban J connectivity index is 2.46. The second kappa shape index (κ2) is 2.86. The SMILES string of the molecule is C=C[Si]1(C)OCC(C)CO1. The fourth-order valence-corrected chi connectivity index (χ4v) is 2.37. The molecule has 2 nitrogen and oxygen atoms in total. The van der Waals surface area contributed by atoms with Gasteiger partial charge in [-0.3, -0.25) is 0 Å². The summed E-state index contributed by atoms with van der Waals surface area (Å²) in [7, 11) is -1.89. The summed E-state index contributed by atoms with van der Waals surface area (Å²) in [5, 5.41) is 0. The summed E-state index contributed by atoms with van der Waals surface area (Å²) in [5.74, 6) is 0.542. The summed E-state index contributed by atoms with van der Waals surface area (Å²) in [4.78, 5) is 0. The van der Waals surface area contributed by atoms with Crippen molar-refractivity contribution in [1.82, 2.24) is 0 Å². The summed E-state index contributed by atoms with van der Waals surface area (Å²) in [6.45, 7) is 9.49. The molecule has 0 spiro atoms. The van der Waals surface area contributed by atoms with E-state index in [1.165, 1.54) is 0 Å². The normalized spacial score (nSPS) is 41.2. The Labute approximate surface area is 63.1 Å². The third-order valence-corrected chi connectivity index (χ3v) is 3.90. The lowest BCUT2D eigenvalue weighted by Gasteiger charge is -2.31. The van der Waals surface area contributed by atoms with Crippen LogP contribution in [-0.4, -0.2) is 21.8 Å². The van der Waals surface area contributed by atoms with Gasteiger partial charge in [0.15, 0.2) is 0 Å². The summed E-state index contributed by atoms with van der Waals surface area (Å²) in [6, 6.07) is 0. The van der Waals surface area contributed by atoms with Crippen molar-refractivity contribution in [3.63, 3.8) is 0 Å². The molecule has 1 rings (SSSR count). The summed E-state index contributed by atoms with van der Waals surface area (Å²) < 4.78 is 11.1. The van der Waals surface area contributed by atoms with E-state index >= 15 is 0 Å². The van der Waals surface area contributed by atoms with Gasteiger partial charge in [0, 0.05) is 19.1 Å². The molecule has 1 aliphatic rings. The number of hydrogen-bond donors (Lipinski definition) is 0. The first-order chi connectivity index (χ1) is 4.66. The van der Waals surface area contributed by atoms with E-state index in [0.29, 0.717) is 5.92 Å². The molecule has 0 aromatic heterocycles. The van der Waals surface area contributed by atoms with Crippen LogP contribution in [0, 0.1) is 5.92 Å². The Bertz CT molecular complexity index is 128. The van der Waals surface area contributed by atoms with Crippen LogP contribution < -0.4 is 0 Å². The van der Waals surface area contributed by atoms with E-state index in [-0.39, 0.29) is 0 Å². The quantitative estimate of drug-likeness (QED) is 0.538. The zero-order valence-corrected chi connectivity index (χ0v) is 7.59. The molecule has 0 aliphatic carbocycles. The van der Waals surface area contributed by atoms with Gasteiger partial charge >= 0.3 is 8.56 Å². The molecule has 0 aromatic carbocycles. The van der Waals surface area contributed by atoms with Crippen LogP contribution in [0.3, 0.4) is 0 Å². The Kier molecular flexibility index (Phi) is 2.28. The van der Waals surface area contributed by atoms with Gasteiger partial charge in [-0.1, -0.05) is 6.92 Å². The van der Waals surface area contributed by atoms with Crippen molar-refractivity contribution in [2.45, 2.75) is 13.5 Å². The zero-order chi connectivity index (χ0) is 7.61. The average molecular weight is 158 g/mol. The minimum absolute atomic E-state index is 0.542. The Morgan fingerprint density at radius 3 is 2.40 bits per heavy atom. The smallest absolute Gasteiger partial charge is 0.361 e. The van der Waals surface area contributed by atoms with Crippen molar-refractivity contribution in [2.75, 3.05) is 13.2 Å². The zero-order valence-electron chi connectivity index (χ0n) is 6.59. The Morgan fingerprint density at radius 2 is 2.00 bits per heavy atom. The van der Waals surface area contributed by atoms with Crippen LogP contribution in [-0.2, 0) is 8.85 Å². The lowest BCUT2D eigenvalue weighted by atomic mass is 10.2. The summed E-state index contributed by atoms with van der Waals surface area (Å²) in [5.41, 5.74) is 1.83.